The number of nitrogens with one attached hydrogen (secondary N) is 1. The average Bonchev–Trinajstić information content (AvgIpc) is 3.64. The van der Waals surface area contributed by atoms with Gasteiger partial charge < -0.3 is 29.2 Å². The van der Waals surface area contributed by atoms with E-state index in [1.54, 1.807) is 59.4 Å². The molecule has 3 aromatic rings. The molecule has 212 valence electrons. The Morgan fingerprint density at radius 1 is 0.902 bits per heavy atom. The van der Waals surface area contributed by atoms with Crippen LogP contribution >= 0.6 is 0 Å². The number of carbonyl (C=O) groups is 3. The summed E-state index contributed by atoms with van der Waals surface area (Å²) in [6.45, 7) is 1.26. The second kappa shape index (κ2) is 11.1. The molecule has 0 aromatic heterocycles. The molecule has 41 heavy (non-hydrogen) atoms. The number of rotatable bonds is 6. The van der Waals surface area contributed by atoms with Crippen molar-refractivity contribution in [2.45, 2.75) is 31.2 Å². The number of amides is 3. The van der Waals surface area contributed by atoms with E-state index >= 15 is 0 Å². The highest BCUT2D eigenvalue weighted by Gasteiger charge is 2.54. The van der Waals surface area contributed by atoms with Crippen LogP contribution in [0, 0.1) is 0 Å². The number of methoxy groups -OCH3 is 1. The average molecular weight is 558 g/mol. The van der Waals surface area contributed by atoms with E-state index in [-0.39, 0.29) is 31.1 Å². The first-order valence-electron chi connectivity index (χ1n) is 13.6. The van der Waals surface area contributed by atoms with E-state index in [9.17, 15) is 14.4 Å². The van der Waals surface area contributed by atoms with E-state index in [4.69, 9.17) is 18.9 Å². The molecule has 3 aliphatic rings. The van der Waals surface area contributed by atoms with E-state index in [0.29, 0.717) is 60.9 Å². The molecule has 6 rings (SSSR count). The first-order chi connectivity index (χ1) is 20.0. The third kappa shape index (κ3) is 5.18. The maximum atomic E-state index is 14.0. The fraction of sp³-hybridized carbons (Fsp3) is 0.323. The van der Waals surface area contributed by atoms with Crippen molar-refractivity contribution in [3.8, 4) is 17.2 Å². The minimum absolute atomic E-state index is 0.0681. The smallest absolute Gasteiger partial charge is 0.256 e. The van der Waals surface area contributed by atoms with Gasteiger partial charge >= 0.3 is 0 Å². The second-order valence-electron chi connectivity index (χ2n) is 10.2. The zero-order chi connectivity index (χ0) is 28.4. The summed E-state index contributed by atoms with van der Waals surface area (Å²) < 4.78 is 22.3. The Hall–Kier alpha value is -4.57. The Morgan fingerprint density at radius 2 is 1.61 bits per heavy atom. The fourth-order valence-corrected chi connectivity index (χ4v) is 5.61. The molecule has 2 saturated heterocycles. The van der Waals surface area contributed by atoms with Gasteiger partial charge in [-0.05, 0) is 48.0 Å². The molecule has 0 unspecified atom stereocenters. The molecule has 0 saturated carbocycles. The van der Waals surface area contributed by atoms with Crippen LogP contribution < -0.4 is 19.5 Å². The van der Waals surface area contributed by atoms with Gasteiger partial charge in [0.1, 0.15) is 17.5 Å². The Kier molecular flexibility index (Phi) is 7.23. The number of nitrogens with zero attached hydrogens (tertiary/aromatic N) is 2. The van der Waals surface area contributed by atoms with Gasteiger partial charge in [0.05, 0.1) is 13.7 Å². The quantitative estimate of drug-likeness (QED) is 0.496. The van der Waals surface area contributed by atoms with Crippen molar-refractivity contribution in [2.75, 3.05) is 33.6 Å². The van der Waals surface area contributed by atoms with E-state index in [1.165, 1.54) is 0 Å². The number of hydrogen-bond acceptors (Lipinski definition) is 7. The molecule has 1 spiro atoms. The van der Waals surface area contributed by atoms with Crippen molar-refractivity contribution in [1.82, 2.24) is 15.1 Å². The van der Waals surface area contributed by atoms with Crippen molar-refractivity contribution in [2.24, 2.45) is 0 Å². The molecule has 3 aromatic carbocycles. The molecular formula is C31H31N3O7. The first-order valence-corrected chi connectivity index (χ1v) is 13.6. The molecule has 2 fully saturated rings. The summed E-state index contributed by atoms with van der Waals surface area (Å²) in [4.78, 5) is 44.1. The van der Waals surface area contributed by atoms with Crippen molar-refractivity contribution >= 4 is 17.7 Å². The van der Waals surface area contributed by atoms with Gasteiger partial charge in [0.15, 0.2) is 11.5 Å². The van der Waals surface area contributed by atoms with Crippen LogP contribution in [0.15, 0.2) is 72.8 Å². The number of likely N-dealkylation sites (tertiary alicyclic amines) is 1. The highest BCUT2D eigenvalue weighted by Crippen LogP contribution is 2.39. The van der Waals surface area contributed by atoms with Gasteiger partial charge in [-0.3, -0.25) is 19.3 Å². The molecule has 10 heteroatoms. The van der Waals surface area contributed by atoms with Crippen LogP contribution in [0.4, 0.5) is 0 Å². The molecule has 1 N–H and O–H groups in total. The van der Waals surface area contributed by atoms with Crippen LogP contribution in [-0.2, 0) is 16.1 Å². The number of hydrogen-bond donors (Lipinski definition) is 1. The predicted molar refractivity (Wildman–Crippen MR) is 148 cm³/mol. The van der Waals surface area contributed by atoms with Gasteiger partial charge in [0.25, 0.3) is 11.8 Å². The molecule has 1 atom stereocenters. The van der Waals surface area contributed by atoms with Crippen molar-refractivity contribution in [1.29, 1.82) is 0 Å². The maximum absolute atomic E-state index is 14.0. The summed E-state index contributed by atoms with van der Waals surface area (Å²) in [5.74, 6) is 1.06. The molecule has 0 aliphatic carbocycles. The summed E-state index contributed by atoms with van der Waals surface area (Å²) in [7, 11) is 1.56. The lowest BCUT2D eigenvalue weighted by molar-refractivity contribution is -0.128. The van der Waals surface area contributed by atoms with Gasteiger partial charge in [0.2, 0.25) is 12.7 Å². The lowest BCUT2D eigenvalue weighted by atomic mass is 9.96. The summed E-state index contributed by atoms with van der Waals surface area (Å²) in [6, 6.07) is 20.7. The summed E-state index contributed by atoms with van der Waals surface area (Å²) in [5, 5.41) is 2.97. The topological polar surface area (TPSA) is 107 Å². The number of carbonyl (C=O) groups excluding carboxylic acids is 3. The molecule has 3 heterocycles. The van der Waals surface area contributed by atoms with E-state index < -0.39 is 11.8 Å². The van der Waals surface area contributed by atoms with Gasteiger partial charge in [-0.15, -0.1) is 0 Å². The minimum Gasteiger partial charge on any atom is -0.497 e. The van der Waals surface area contributed by atoms with Gasteiger partial charge in [-0.2, -0.15) is 0 Å². The van der Waals surface area contributed by atoms with Crippen LogP contribution in [-0.4, -0.2) is 72.9 Å². The first kappa shape index (κ1) is 26.6. The third-order valence-corrected chi connectivity index (χ3v) is 7.88. The fourth-order valence-electron chi connectivity index (χ4n) is 5.61. The van der Waals surface area contributed by atoms with Gasteiger partial charge in [-0.1, -0.05) is 30.3 Å². The van der Waals surface area contributed by atoms with Crippen LogP contribution in [0.3, 0.4) is 0 Å². The van der Waals surface area contributed by atoms with E-state index in [1.807, 2.05) is 30.3 Å². The Balaban J connectivity index is 1.21. The third-order valence-electron chi connectivity index (χ3n) is 7.88. The number of benzene rings is 3. The number of fused-ring (bicyclic) bond motifs is 1. The Morgan fingerprint density at radius 3 is 2.34 bits per heavy atom. The minimum atomic E-state index is -1.02. The number of ether oxygens (including phenoxy) is 4. The number of piperidine rings is 1. The second-order valence-corrected chi connectivity index (χ2v) is 10.2. The van der Waals surface area contributed by atoms with E-state index in [0.717, 1.165) is 5.56 Å². The van der Waals surface area contributed by atoms with Crippen molar-refractivity contribution in [3.05, 3.63) is 89.5 Å². The molecule has 0 radical (unpaired) electrons. The van der Waals surface area contributed by atoms with E-state index in [2.05, 4.69) is 5.32 Å². The van der Waals surface area contributed by atoms with Gasteiger partial charge in [-0.25, -0.2) is 0 Å². The largest absolute Gasteiger partial charge is 0.497 e. The zero-order valence-corrected chi connectivity index (χ0v) is 22.7. The SMILES string of the molecule is COc1ccc(C(=O)N2[C@@H](C(=O)NCc3ccccc3)COC23CCN(C(=O)c2ccc4c(c2)OCO4)CC3)cc1. The standard InChI is InChI=1S/C31H31N3O7/c1-38-24-10-7-22(8-11-24)30(37)34-25(28(35)32-18-21-5-3-2-4-6-21)19-41-31(34)13-15-33(16-14-31)29(36)23-9-12-26-27(17-23)40-20-39-26/h2-12,17,25H,13-16,18-20H2,1H3,(H,32,35)/t25-/m1/s1. The van der Waals surface area contributed by atoms with Crippen LogP contribution in [0.25, 0.3) is 0 Å². The van der Waals surface area contributed by atoms with Gasteiger partial charge in [0, 0.05) is 43.6 Å². The van der Waals surface area contributed by atoms with Crippen molar-refractivity contribution < 1.29 is 33.3 Å². The molecule has 3 amide bonds. The molecular weight excluding hydrogens is 526 g/mol. The van der Waals surface area contributed by atoms with Crippen LogP contribution in [0.5, 0.6) is 17.2 Å². The van der Waals surface area contributed by atoms with Crippen LogP contribution in [0.1, 0.15) is 39.1 Å². The normalized spacial score (nSPS) is 18.8. The van der Waals surface area contributed by atoms with Crippen molar-refractivity contribution in [3.63, 3.8) is 0 Å². The Labute approximate surface area is 237 Å². The maximum Gasteiger partial charge on any atom is 0.256 e. The monoisotopic (exact) mass is 557 g/mol. The highest BCUT2D eigenvalue weighted by atomic mass is 16.7. The highest BCUT2D eigenvalue weighted by molar-refractivity contribution is 5.99. The lowest BCUT2D eigenvalue weighted by Gasteiger charge is -2.44. The van der Waals surface area contributed by atoms with Crippen LogP contribution in [0.2, 0.25) is 0 Å². The summed E-state index contributed by atoms with van der Waals surface area (Å²) in [6.07, 6.45) is 0.737. The molecule has 3 aliphatic heterocycles. The zero-order valence-electron chi connectivity index (χ0n) is 22.7. The lowest BCUT2D eigenvalue weighted by Crippen LogP contribution is -2.59. The Bertz CT molecular complexity index is 1440. The molecule has 0 bridgehead atoms. The molecule has 10 nitrogen and oxygen atoms in total. The predicted octanol–water partition coefficient (Wildman–Crippen LogP) is 3.21. The summed E-state index contributed by atoms with van der Waals surface area (Å²) >= 11 is 0. The summed E-state index contributed by atoms with van der Waals surface area (Å²) in [5.41, 5.74) is 0.868.